The molecule has 1 aromatic carbocycles. The minimum atomic E-state index is -2.63. The Morgan fingerprint density at radius 3 is 2.46 bits per heavy atom. The van der Waals surface area contributed by atoms with E-state index in [4.69, 9.17) is 4.74 Å². The Kier molecular flexibility index (Phi) is 7.89. The number of hydrogen-bond donors (Lipinski definition) is 2. The summed E-state index contributed by atoms with van der Waals surface area (Å²) in [6.45, 7) is 6.95. The van der Waals surface area contributed by atoms with Gasteiger partial charge in [0.25, 0.3) is 6.43 Å². The lowest BCUT2D eigenvalue weighted by molar-refractivity contribution is -0.0986. The van der Waals surface area contributed by atoms with E-state index in [2.05, 4.69) is 25.5 Å². The molecule has 4 aromatic rings. The summed E-state index contributed by atoms with van der Waals surface area (Å²) in [5, 5.41) is 22.3. The molecule has 2 N–H and O–H groups in total. The van der Waals surface area contributed by atoms with Crippen LogP contribution in [0.25, 0.3) is 17.1 Å². The van der Waals surface area contributed by atoms with Gasteiger partial charge >= 0.3 is 0 Å². The van der Waals surface area contributed by atoms with E-state index in [0.717, 1.165) is 0 Å². The smallest absolute Gasteiger partial charge is 0.257 e. The second-order valence-electron chi connectivity index (χ2n) is 8.30. The van der Waals surface area contributed by atoms with Crippen molar-refractivity contribution < 1.29 is 23.0 Å². The minimum Gasteiger partial charge on any atom is -0.364 e. The lowest BCUT2D eigenvalue weighted by Crippen LogP contribution is -2.10. The number of ether oxygens (including phenoxy) is 1. The van der Waals surface area contributed by atoms with Crippen LogP contribution in [0.15, 0.2) is 36.7 Å². The molecule has 0 saturated heterocycles. The molecule has 0 amide bonds. The fraction of sp³-hybridized carbons (Fsp3) is 0.360. The zero-order chi connectivity index (χ0) is 26.7. The first-order valence-corrected chi connectivity index (χ1v) is 11.8. The highest BCUT2D eigenvalue weighted by atomic mass is 19.3. The lowest BCUT2D eigenvalue weighted by Gasteiger charge is -2.11. The van der Waals surface area contributed by atoms with Crippen LogP contribution < -0.4 is 5.32 Å². The van der Waals surface area contributed by atoms with E-state index < -0.39 is 25.1 Å². The van der Waals surface area contributed by atoms with Crippen LogP contribution in [-0.4, -0.2) is 47.7 Å². The molecule has 0 aliphatic carbocycles. The molecule has 12 heteroatoms. The number of aromatic nitrogens is 6. The predicted octanol–water partition coefficient (Wildman–Crippen LogP) is 4.88. The number of halogens is 3. The van der Waals surface area contributed by atoms with Crippen LogP contribution in [0.1, 0.15) is 42.7 Å². The van der Waals surface area contributed by atoms with Crippen molar-refractivity contribution >= 4 is 11.6 Å². The van der Waals surface area contributed by atoms with Crippen molar-refractivity contribution in [2.24, 2.45) is 0 Å². The van der Waals surface area contributed by atoms with Crippen LogP contribution >= 0.6 is 0 Å². The van der Waals surface area contributed by atoms with Gasteiger partial charge in [0.2, 0.25) is 0 Å². The van der Waals surface area contributed by atoms with Crippen LogP contribution in [0, 0.1) is 19.7 Å². The average molecular weight is 516 g/mol. The van der Waals surface area contributed by atoms with Crippen LogP contribution in [0.3, 0.4) is 0 Å². The van der Waals surface area contributed by atoms with E-state index in [-0.39, 0.29) is 0 Å². The van der Waals surface area contributed by atoms with E-state index in [1.807, 2.05) is 6.92 Å². The lowest BCUT2D eigenvalue weighted by atomic mass is 10.1. The first kappa shape index (κ1) is 26.3. The highest BCUT2D eigenvalue weighted by Gasteiger charge is 2.23. The first-order valence-electron chi connectivity index (χ1n) is 11.8. The van der Waals surface area contributed by atoms with Crippen LogP contribution in [0.5, 0.6) is 0 Å². The van der Waals surface area contributed by atoms with Gasteiger partial charge in [0, 0.05) is 23.8 Å². The molecule has 0 aliphatic heterocycles. The number of aliphatic hydroxyl groups excluding tert-OH is 1. The van der Waals surface area contributed by atoms with Gasteiger partial charge in [-0.2, -0.15) is 10.2 Å². The second kappa shape index (κ2) is 11.1. The maximum atomic E-state index is 13.5. The summed E-state index contributed by atoms with van der Waals surface area (Å²) in [5.41, 5.74) is 3.53. The summed E-state index contributed by atoms with van der Waals surface area (Å²) in [7, 11) is 0. The number of anilines is 2. The van der Waals surface area contributed by atoms with Gasteiger partial charge < -0.3 is 15.2 Å². The molecule has 1 unspecified atom stereocenters. The van der Waals surface area contributed by atoms with Crippen molar-refractivity contribution in [2.75, 3.05) is 11.9 Å². The van der Waals surface area contributed by atoms with E-state index in [9.17, 15) is 18.3 Å². The van der Waals surface area contributed by atoms with Gasteiger partial charge in [0.15, 0.2) is 17.9 Å². The molecule has 0 aliphatic rings. The second-order valence-corrected chi connectivity index (χ2v) is 8.30. The van der Waals surface area contributed by atoms with Crippen molar-refractivity contribution in [2.45, 2.75) is 53.4 Å². The Labute approximate surface area is 211 Å². The van der Waals surface area contributed by atoms with Crippen molar-refractivity contribution in [3.63, 3.8) is 0 Å². The fourth-order valence-electron chi connectivity index (χ4n) is 4.26. The Balaban J connectivity index is 1.72. The highest BCUT2D eigenvalue weighted by molar-refractivity contribution is 5.72. The summed E-state index contributed by atoms with van der Waals surface area (Å²) in [6, 6.07) is 7.28. The van der Waals surface area contributed by atoms with Gasteiger partial charge in [0.1, 0.15) is 24.5 Å². The van der Waals surface area contributed by atoms with E-state index in [1.165, 1.54) is 35.3 Å². The summed E-state index contributed by atoms with van der Waals surface area (Å²) in [6.07, 6.45) is -1.93. The summed E-state index contributed by atoms with van der Waals surface area (Å²) in [4.78, 5) is 8.56. The molecule has 0 fully saturated rings. The zero-order valence-electron chi connectivity index (χ0n) is 20.9. The third-order valence-electron chi connectivity index (χ3n) is 5.87. The standard InChI is InChI=1S/C25H28F3N7O2/c1-5-18-23(16-7-9-17(26)10-8-16)34(12-19(27)28)33-24(18)31-20-11-21(30-13-29-20)35-15(4)22(14(3)32-35)25(36)37-6-2/h7-11,13,19,25,36H,5-6,12H2,1-4H3,(H,29,30,31,33). The number of rotatable bonds is 10. The maximum absolute atomic E-state index is 13.5. The number of nitrogens with one attached hydrogen (secondary N) is 1. The molecule has 0 spiro atoms. The monoisotopic (exact) mass is 515 g/mol. The Hall–Kier alpha value is -3.77. The third kappa shape index (κ3) is 5.49. The number of aliphatic hydroxyl groups is 1. The molecule has 0 bridgehead atoms. The summed E-state index contributed by atoms with van der Waals surface area (Å²) < 4.78 is 48.4. The molecule has 0 saturated carbocycles. The molecule has 3 aromatic heterocycles. The van der Waals surface area contributed by atoms with Crippen LogP contribution in [0.4, 0.5) is 24.8 Å². The van der Waals surface area contributed by atoms with Crippen LogP contribution in [-0.2, 0) is 17.7 Å². The van der Waals surface area contributed by atoms with Gasteiger partial charge in [-0.3, -0.25) is 4.68 Å². The van der Waals surface area contributed by atoms with E-state index in [1.54, 1.807) is 31.5 Å². The summed E-state index contributed by atoms with van der Waals surface area (Å²) in [5.74, 6) is 0.728. The van der Waals surface area contributed by atoms with Crippen molar-refractivity contribution in [1.82, 2.24) is 29.5 Å². The van der Waals surface area contributed by atoms with Gasteiger partial charge in [0.05, 0.1) is 22.6 Å². The minimum absolute atomic E-state index is 0.338. The number of nitrogens with zero attached hydrogens (tertiary/aromatic N) is 6. The Morgan fingerprint density at radius 2 is 1.81 bits per heavy atom. The molecule has 3 heterocycles. The SMILES string of the molecule is CCOC(O)c1c(C)nn(-c2cc(Nc3nn(CC(F)F)c(-c4ccc(F)cc4)c3CC)ncn2)c1C. The van der Waals surface area contributed by atoms with Crippen molar-refractivity contribution in [3.8, 4) is 17.1 Å². The van der Waals surface area contributed by atoms with E-state index in [0.29, 0.717) is 64.3 Å². The van der Waals surface area contributed by atoms with Gasteiger partial charge in [-0.05, 0) is 51.5 Å². The van der Waals surface area contributed by atoms with Gasteiger partial charge in [-0.15, -0.1) is 0 Å². The zero-order valence-corrected chi connectivity index (χ0v) is 20.9. The number of benzene rings is 1. The maximum Gasteiger partial charge on any atom is 0.257 e. The quantitative estimate of drug-likeness (QED) is 0.290. The molecular weight excluding hydrogens is 487 g/mol. The molecule has 1 atom stereocenters. The Morgan fingerprint density at radius 1 is 1.08 bits per heavy atom. The highest BCUT2D eigenvalue weighted by Crippen LogP contribution is 2.32. The van der Waals surface area contributed by atoms with E-state index >= 15 is 0 Å². The van der Waals surface area contributed by atoms with Crippen LogP contribution in [0.2, 0.25) is 0 Å². The first-order chi connectivity index (χ1) is 17.7. The molecule has 0 radical (unpaired) electrons. The molecule has 196 valence electrons. The number of hydrogen-bond acceptors (Lipinski definition) is 7. The molecular formula is C25H28F3N7O2. The van der Waals surface area contributed by atoms with Gasteiger partial charge in [-0.25, -0.2) is 27.8 Å². The molecule has 9 nitrogen and oxygen atoms in total. The fourth-order valence-corrected chi connectivity index (χ4v) is 4.26. The van der Waals surface area contributed by atoms with Crippen molar-refractivity contribution in [3.05, 3.63) is 65.0 Å². The normalized spacial score (nSPS) is 12.4. The number of aryl methyl sites for hydroxylation is 1. The predicted molar refractivity (Wildman–Crippen MR) is 131 cm³/mol. The molecule has 4 rings (SSSR count). The Bertz CT molecular complexity index is 1370. The molecule has 37 heavy (non-hydrogen) atoms. The third-order valence-corrected chi connectivity index (χ3v) is 5.87. The van der Waals surface area contributed by atoms with Gasteiger partial charge in [-0.1, -0.05) is 6.92 Å². The number of alkyl halides is 2. The largest absolute Gasteiger partial charge is 0.364 e. The van der Waals surface area contributed by atoms with Crippen molar-refractivity contribution in [1.29, 1.82) is 0 Å². The average Bonchev–Trinajstić information content (AvgIpc) is 3.34. The summed E-state index contributed by atoms with van der Waals surface area (Å²) >= 11 is 0. The topological polar surface area (TPSA) is 103 Å².